The Balaban J connectivity index is 1.55. The maximum absolute atomic E-state index is 12.5. The topological polar surface area (TPSA) is 103 Å². The van der Waals surface area contributed by atoms with E-state index in [9.17, 15) is 10.1 Å². The van der Waals surface area contributed by atoms with Crippen LogP contribution in [0.2, 0.25) is 0 Å². The molecule has 0 saturated heterocycles. The van der Waals surface area contributed by atoms with E-state index in [4.69, 9.17) is 18.9 Å². The summed E-state index contributed by atoms with van der Waals surface area (Å²) >= 11 is 0. The molecule has 0 fully saturated rings. The van der Waals surface area contributed by atoms with Gasteiger partial charge in [-0.15, -0.1) is 0 Å². The smallest absolute Gasteiger partial charge is 0.413 e. The second-order valence-electron chi connectivity index (χ2n) is 8.02. The molecule has 3 aromatic carbocycles. The normalized spacial score (nSPS) is 11.3. The van der Waals surface area contributed by atoms with Gasteiger partial charge < -0.3 is 18.9 Å². The highest BCUT2D eigenvalue weighted by Crippen LogP contribution is 2.38. The number of ether oxygens (including phenoxy) is 4. The predicted molar refractivity (Wildman–Crippen MR) is 136 cm³/mol. The molecule has 8 heteroatoms. The number of methoxy groups -OCH3 is 2. The van der Waals surface area contributed by atoms with E-state index in [1.54, 1.807) is 62.9 Å². The number of nitrogens with zero attached hydrogens (tertiary/aromatic N) is 2. The highest BCUT2D eigenvalue weighted by Gasteiger charge is 2.18. The third kappa shape index (κ3) is 5.15. The van der Waals surface area contributed by atoms with Crippen LogP contribution in [0.1, 0.15) is 22.8 Å². The quantitative estimate of drug-likeness (QED) is 0.321. The van der Waals surface area contributed by atoms with Crippen LogP contribution in [0.3, 0.4) is 0 Å². The first-order valence-electron chi connectivity index (χ1n) is 11.2. The van der Waals surface area contributed by atoms with E-state index in [0.29, 0.717) is 39.8 Å². The van der Waals surface area contributed by atoms with E-state index in [-0.39, 0.29) is 0 Å². The summed E-state index contributed by atoms with van der Waals surface area (Å²) < 4.78 is 22.4. The first-order valence-corrected chi connectivity index (χ1v) is 11.2. The van der Waals surface area contributed by atoms with Gasteiger partial charge in [-0.1, -0.05) is 30.3 Å². The van der Waals surface area contributed by atoms with Crippen molar-refractivity contribution in [2.24, 2.45) is 0 Å². The number of aromatic nitrogens is 1. The van der Waals surface area contributed by atoms with Crippen molar-refractivity contribution in [3.05, 3.63) is 83.6 Å². The van der Waals surface area contributed by atoms with Crippen LogP contribution < -0.4 is 19.5 Å². The van der Waals surface area contributed by atoms with Gasteiger partial charge in [0.2, 0.25) is 6.10 Å². The van der Waals surface area contributed by atoms with E-state index in [1.807, 2.05) is 38.1 Å². The molecule has 1 amide bonds. The lowest BCUT2D eigenvalue weighted by Gasteiger charge is -2.17. The minimum atomic E-state index is -1.01. The number of hydrogen-bond donors (Lipinski definition) is 1. The summed E-state index contributed by atoms with van der Waals surface area (Å²) in [6.07, 6.45) is -0.0655. The van der Waals surface area contributed by atoms with Crippen LogP contribution in [0.25, 0.3) is 10.9 Å². The van der Waals surface area contributed by atoms with Gasteiger partial charge in [0.1, 0.15) is 17.6 Å². The van der Waals surface area contributed by atoms with Crippen molar-refractivity contribution in [2.45, 2.75) is 20.0 Å². The molecular weight excluding hydrogens is 458 g/mol. The molecule has 8 nitrogen and oxygen atoms in total. The fraction of sp³-hybridized carbons (Fsp3) is 0.179. The van der Waals surface area contributed by atoms with Crippen LogP contribution in [-0.4, -0.2) is 25.3 Å². The van der Waals surface area contributed by atoms with Crippen LogP contribution in [0.5, 0.6) is 23.0 Å². The van der Waals surface area contributed by atoms with E-state index in [0.717, 1.165) is 16.5 Å². The number of carbonyl (C=O) groups is 1. The SMILES string of the molecule is COc1cc2nccc(Oc3cc(C)c(NC(=O)OC(C#N)c4ccccc4)cc3C)c2cc1OC. The van der Waals surface area contributed by atoms with E-state index in [2.05, 4.69) is 10.3 Å². The molecular formula is C28H25N3O5. The Hall–Kier alpha value is -4.77. The Morgan fingerprint density at radius 3 is 2.33 bits per heavy atom. The largest absolute Gasteiger partial charge is 0.493 e. The Labute approximate surface area is 209 Å². The molecule has 4 rings (SSSR count). The van der Waals surface area contributed by atoms with Crippen LogP contribution in [0, 0.1) is 25.2 Å². The molecule has 0 radical (unpaired) electrons. The zero-order valence-corrected chi connectivity index (χ0v) is 20.4. The number of nitriles is 1. The van der Waals surface area contributed by atoms with Gasteiger partial charge >= 0.3 is 6.09 Å². The summed E-state index contributed by atoms with van der Waals surface area (Å²) in [5.41, 5.74) is 3.41. The molecule has 1 unspecified atom stereocenters. The van der Waals surface area contributed by atoms with Gasteiger partial charge in [0.15, 0.2) is 11.5 Å². The summed E-state index contributed by atoms with van der Waals surface area (Å²) in [6, 6.07) is 19.9. The van der Waals surface area contributed by atoms with Gasteiger partial charge in [-0.3, -0.25) is 10.3 Å². The fourth-order valence-corrected chi connectivity index (χ4v) is 3.73. The summed E-state index contributed by atoms with van der Waals surface area (Å²) in [4.78, 5) is 16.9. The van der Waals surface area contributed by atoms with Crippen molar-refractivity contribution >= 4 is 22.7 Å². The van der Waals surface area contributed by atoms with Crippen LogP contribution in [0.4, 0.5) is 10.5 Å². The number of benzene rings is 3. The molecule has 182 valence electrons. The molecule has 36 heavy (non-hydrogen) atoms. The molecule has 1 N–H and O–H groups in total. The zero-order valence-electron chi connectivity index (χ0n) is 20.4. The second-order valence-corrected chi connectivity index (χ2v) is 8.02. The second kappa shape index (κ2) is 10.7. The van der Waals surface area contributed by atoms with Gasteiger partial charge in [0, 0.05) is 28.9 Å². The maximum Gasteiger partial charge on any atom is 0.413 e. The highest BCUT2D eigenvalue weighted by atomic mass is 16.6. The van der Waals surface area contributed by atoms with Gasteiger partial charge in [-0.2, -0.15) is 5.26 Å². The molecule has 0 saturated carbocycles. The van der Waals surface area contributed by atoms with E-state index in [1.165, 1.54) is 0 Å². The molecule has 1 heterocycles. The Morgan fingerprint density at radius 1 is 0.917 bits per heavy atom. The van der Waals surface area contributed by atoms with Crippen LogP contribution in [0.15, 0.2) is 66.9 Å². The maximum atomic E-state index is 12.5. The monoisotopic (exact) mass is 483 g/mol. The van der Waals surface area contributed by atoms with E-state index < -0.39 is 12.2 Å². The molecule has 0 aliphatic heterocycles. The Bertz CT molecular complexity index is 1450. The molecule has 4 aromatic rings. The molecule has 0 bridgehead atoms. The fourth-order valence-electron chi connectivity index (χ4n) is 3.73. The van der Waals surface area contributed by atoms with Crippen molar-refractivity contribution < 1.29 is 23.7 Å². The summed E-state index contributed by atoms with van der Waals surface area (Å²) in [7, 11) is 3.15. The highest BCUT2D eigenvalue weighted by molar-refractivity contribution is 5.89. The standard InChI is InChI=1S/C28H25N3O5/c1-17-13-24(35-23-10-11-30-22-15-26(34-4)25(33-3)14-20(22)23)18(2)12-21(17)31-28(32)36-27(16-29)19-8-6-5-7-9-19/h5-15,27H,1-4H3,(H,31,32). The summed E-state index contributed by atoms with van der Waals surface area (Å²) in [5.74, 6) is 2.37. The molecule has 1 atom stereocenters. The van der Waals surface area contributed by atoms with Crippen molar-refractivity contribution in [2.75, 3.05) is 19.5 Å². The van der Waals surface area contributed by atoms with Gasteiger partial charge in [-0.25, -0.2) is 4.79 Å². The predicted octanol–water partition coefficient (Wildman–Crippen LogP) is 6.47. The molecule has 0 aliphatic carbocycles. The third-order valence-corrected chi connectivity index (χ3v) is 5.63. The molecule has 0 aliphatic rings. The van der Waals surface area contributed by atoms with Crippen molar-refractivity contribution in [3.8, 4) is 29.1 Å². The van der Waals surface area contributed by atoms with Crippen molar-refractivity contribution in [3.63, 3.8) is 0 Å². The van der Waals surface area contributed by atoms with E-state index >= 15 is 0 Å². The first-order chi connectivity index (χ1) is 17.4. The number of rotatable bonds is 7. The minimum Gasteiger partial charge on any atom is -0.493 e. The lowest BCUT2D eigenvalue weighted by molar-refractivity contribution is 0.137. The third-order valence-electron chi connectivity index (χ3n) is 5.63. The number of pyridine rings is 1. The van der Waals surface area contributed by atoms with Crippen LogP contribution in [-0.2, 0) is 4.74 Å². The number of fused-ring (bicyclic) bond motifs is 1. The number of carbonyl (C=O) groups excluding carboxylic acids is 1. The summed E-state index contributed by atoms with van der Waals surface area (Å²) in [6.45, 7) is 3.72. The Kier molecular flexibility index (Phi) is 7.21. The number of nitrogens with one attached hydrogen (secondary N) is 1. The minimum absolute atomic E-state index is 0.556. The van der Waals surface area contributed by atoms with Gasteiger partial charge in [0.05, 0.1) is 19.7 Å². The lowest BCUT2D eigenvalue weighted by atomic mass is 10.1. The first kappa shape index (κ1) is 24.4. The van der Waals surface area contributed by atoms with Gasteiger partial charge in [-0.05, 0) is 49.2 Å². The number of aryl methyl sites for hydroxylation is 2. The number of amides is 1. The van der Waals surface area contributed by atoms with Crippen molar-refractivity contribution in [1.82, 2.24) is 4.98 Å². The number of anilines is 1. The van der Waals surface area contributed by atoms with Gasteiger partial charge in [0.25, 0.3) is 0 Å². The lowest BCUT2D eigenvalue weighted by Crippen LogP contribution is -2.17. The van der Waals surface area contributed by atoms with Crippen LogP contribution >= 0.6 is 0 Å². The average Bonchev–Trinajstić information content (AvgIpc) is 2.89. The van der Waals surface area contributed by atoms with Crippen molar-refractivity contribution in [1.29, 1.82) is 5.26 Å². The molecule has 0 spiro atoms. The summed E-state index contributed by atoms with van der Waals surface area (Å²) in [5, 5.41) is 12.9. The molecule has 1 aromatic heterocycles. The average molecular weight is 484 g/mol. The number of hydrogen-bond acceptors (Lipinski definition) is 7. The zero-order chi connectivity index (χ0) is 25.7. The Morgan fingerprint density at radius 2 is 1.64 bits per heavy atom.